The molecule has 0 N–H and O–H groups in total. The van der Waals surface area contributed by atoms with Gasteiger partial charge in [-0.1, -0.05) is 6.42 Å². The second-order valence-corrected chi connectivity index (χ2v) is 7.56. The molecule has 2 rings (SSSR count). The molecule has 0 unspecified atom stereocenters. The molecule has 0 amide bonds. The number of rotatable bonds is 7. The summed E-state index contributed by atoms with van der Waals surface area (Å²) in [5.74, 6) is 0.199. The zero-order chi connectivity index (χ0) is 15.3. The number of aromatic nitrogens is 2. The largest absolute Gasteiger partial charge is 0.385 e. The molecule has 6 nitrogen and oxygen atoms in total. The molecule has 1 aliphatic rings. The normalized spacial score (nSPS) is 20.8. The van der Waals surface area contributed by atoms with E-state index < -0.39 is 10.0 Å². The summed E-state index contributed by atoms with van der Waals surface area (Å²) in [6.07, 6.45) is 6.02. The van der Waals surface area contributed by atoms with Crippen LogP contribution in [0.3, 0.4) is 0 Å². The monoisotopic (exact) mass is 315 g/mol. The van der Waals surface area contributed by atoms with E-state index in [1.165, 1.54) is 0 Å². The van der Waals surface area contributed by atoms with Gasteiger partial charge in [-0.2, -0.15) is 9.40 Å². The highest BCUT2D eigenvalue weighted by Gasteiger charge is 2.34. The van der Waals surface area contributed by atoms with E-state index in [0.717, 1.165) is 31.4 Å². The molecule has 1 aromatic rings. The van der Waals surface area contributed by atoms with Crippen LogP contribution < -0.4 is 0 Å². The lowest BCUT2D eigenvalue weighted by Gasteiger charge is -2.34. The van der Waals surface area contributed by atoms with Crippen molar-refractivity contribution >= 4 is 10.0 Å². The summed E-state index contributed by atoms with van der Waals surface area (Å²) < 4.78 is 33.7. The average Bonchev–Trinajstić information content (AvgIpc) is 2.90. The smallest absolute Gasteiger partial charge is 0.214 e. The fourth-order valence-electron chi connectivity index (χ4n) is 2.89. The third-order valence-corrected chi connectivity index (χ3v) is 5.97. The second kappa shape index (κ2) is 7.38. The average molecular weight is 315 g/mol. The highest BCUT2D eigenvalue weighted by molar-refractivity contribution is 7.89. The molecule has 1 atom stereocenters. The standard InChI is InChI=1S/C14H25N3O3S/c1-16-13(8-9-15-16)14-7-3-4-10-17(14)21(18,19)12-6-5-11-20-2/h8-9,14H,3-7,10-12H2,1-2H3/t14-/m0/s1. The quantitative estimate of drug-likeness (QED) is 0.719. The third-order valence-electron chi connectivity index (χ3n) is 4.01. The van der Waals surface area contributed by atoms with E-state index in [0.29, 0.717) is 19.6 Å². The van der Waals surface area contributed by atoms with Gasteiger partial charge in [0.15, 0.2) is 0 Å². The van der Waals surface area contributed by atoms with Crippen LogP contribution in [0.2, 0.25) is 0 Å². The number of hydrogen-bond acceptors (Lipinski definition) is 4. The Bertz CT molecular complexity index is 541. The van der Waals surface area contributed by atoms with Gasteiger partial charge in [0.25, 0.3) is 0 Å². The van der Waals surface area contributed by atoms with Crippen molar-refractivity contribution in [1.29, 1.82) is 0 Å². The lowest BCUT2D eigenvalue weighted by Crippen LogP contribution is -2.40. The Balaban J connectivity index is 2.09. The van der Waals surface area contributed by atoms with Crippen LogP contribution in [0.25, 0.3) is 0 Å². The maximum Gasteiger partial charge on any atom is 0.214 e. The van der Waals surface area contributed by atoms with Gasteiger partial charge in [-0.3, -0.25) is 4.68 Å². The number of hydrogen-bond donors (Lipinski definition) is 0. The number of sulfonamides is 1. The lowest BCUT2D eigenvalue weighted by molar-refractivity contribution is 0.194. The minimum Gasteiger partial charge on any atom is -0.385 e. The van der Waals surface area contributed by atoms with Crippen LogP contribution in [-0.2, 0) is 21.8 Å². The predicted molar refractivity (Wildman–Crippen MR) is 81.4 cm³/mol. The number of ether oxygens (including phenoxy) is 1. The minimum atomic E-state index is -3.22. The van der Waals surface area contributed by atoms with Crippen LogP contribution in [0.5, 0.6) is 0 Å². The van der Waals surface area contributed by atoms with Crippen molar-refractivity contribution in [2.75, 3.05) is 26.0 Å². The topological polar surface area (TPSA) is 64.4 Å². The number of methoxy groups -OCH3 is 1. The maximum absolute atomic E-state index is 12.6. The van der Waals surface area contributed by atoms with Crippen LogP contribution in [0.1, 0.15) is 43.8 Å². The minimum absolute atomic E-state index is 0.0707. The van der Waals surface area contributed by atoms with E-state index in [-0.39, 0.29) is 11.8 Å². The summed E-state index contributed by atoms with van der Waals surface area (Å²) in [6.45, 7) is 1.23. The van der Waals surface area contributed by atoms with E-state index in [9.17, 15) is 8.42 Å². The number of nitrogens with zero attached hydrogens (tertiary/aromatic N) is 3. The van der Waals surface area contributed by atoms with Crippen LogP contribution in [0.15, 0.2) is 12.3 Å². The summed E-state index contributed by atoms with van der Waals surface area (Å²) in [5.41, 5.74) is 0.982. The highest BCUT2D eigenvalue weighted by atomic mass is 32.2. The summed E-state index contributed by atoms with van der Waals surface area (Å²) in [4.78, 5) is 0. The highest BCUT2D eigenvalue weighted by Crippen LogP contribution is 2.33. The van der Waals surface area contributed by atoms with Gasteiger partial charge >= 0.3 is 0 Å². The molecule has 0 aliphatic carbocycles. The van der Waals surface area contributed by atoms with Crippen molar-refractivity contribution in [1.82, 2.24) is 14.1 Å². The van der Waals surface area contributed by atoms with Crippen LogP contribution in [0.4, 0.5) is 0 Å². The first kappa shape index (κ1) is 16.5. The Morgan fingerprint density at radius 1 is 1.38 bits per heavy atom. The molecular formula is C14H25N3O3S. The Morgan fingerprint density at radius 3 is 2.86 bits per heavy atom. The molecule has 1 aromatic heterocycles. The molecule has 2 heterocycles. The van der Waals surface area contributed by atoms with Crippen molar-refractivity contribution in [3.8, 4) is 0 Å². The van der Waals surface area contributed by atoms with Crippen LogP contribution in [0, 0.1) is 0 Å². The van der Waals surface area contributed by atoms with E-state index in [1.54, 1.807) is 22.3 Å². The van der Waals surface area contributed by atoms with E-state index >= 15 is 0 Å². The molecule has 0 radical (unpaired) electrons. The first-order valence-electron chi connectivity index (χ1n) is 7.52. The molecule has 1 fully saturated rings. The molecule has 0 bridgehead atoms. The van der Waals surface area contributed by atoms with Crippen LogP contribution in [-0.4, -0.2) is 48.5 Å². The maximum atomic E-state index is 12.6. The number of unbranched alkanes of at least 4 members (excludes halogenated alkanes) is 1. The van der Waals surface area contributed by atoms with Crippen molar-refractivity contribution in [2.24, 2.45) is 7.05 Å². The number of aryl methyl sites for hydroxylation is 1. The SMILES string of the molecule is COCCCCS(=O)(=O)N1CCCC[C@H]1c1ccnn1C. The van der Waals surface area contributed by atoms with Crippen LogP contribution >= 0.6 is 0 Å². The fraction of sp³-hybridized carbons (Fsp3) is 0.786. The van der Waals surface area contributed by atoms with Crippen molar-refractivity contribution in [2.45, 2.75) is 38.1 Å². The van der Waals surface area contributed by atoms with Gasteiger partial charge in [0.2, 0.25) is 10.0 Å². The lowest BCUT2D eigenvalue weighted by atomic mass is 10.0. The van der Waals surface area contributed by atoms with Gasteiger partial charge in [0, 0.05) is 33.5 Å². The Labute approximate surface area is 127 Å². The van der Waals surface area contributed by atoms with Crippen molar-refractivity contribution in [3.05, 3.63) is 18.0 Å². The molecule has 21 heavy (non-hydrogen) atoms. The van der Waals surface area contributed by atoms with Gasteiger partial charge in [-0.25, -0.2) is 8.42 Å². The Kier molecular flexibility index (Phi) is 5.78. The molecule has 0 spiro atoms. The van der Waals surface area contributed by atoms with Crippen molar-refractivity contribution in [3.63, 3.8) is 0 Å². The molecule has 1 saturated heterocycles. The predicted octanol–water partition coefficient (Wildman–Crippen LogP) is 1.70. The number of piperidine rings is 1. The molecule has 1 aliphatic heterocycles. The van der Waals surface area contributed by atoms with Gasteiger partial charge < -0.3 is 4.74 Å². The molecular weight excluding hydrogens is 290 g/mol. The third kappa shape index (κ3) is 4.05. The second-order valence-electron chi connectivity index (χ2n) is 5.52. The van der Waals surface area contributed by atoms with E-state index in [2.05, 4.69) is 5.10 Å². The zero-order valence-electron chi connectivity index (χ0n) is 12.9. The fourth-order valence-corrected chi connectivity index (χ4v) is 4.70. The van der Waals surface area contributed by atoms with Gasteiger partial charge in [-0.05, 0) is 31.7 Å². The first-order valence-corrected chi connectivity index (χ1v) is 9.13. The summed E-state index contributed by atoms with van der Waals surface area (Å²) in [5, 5.41) is 4.17. The molecule has 0 aromatic carbocycles. The molecule has 0 saturated carbocycles. The summed E-state index contributed by atoms with van der Waals surface area (Å²) in [7, 11) is 0.286. The summed E-state index contributed by atoms with van der Waals surface area (Å²) >= 11 is 0. The van der Waals surface area contributed by atoms with Gasteiger partial charge in [-0.15, -0.1) is 0 Å². The first-order chi connectivity index (χ1) is 10.1. The van der Waals surface area contributed by atoms with Crippen molar-refractivity contribution < 1.29 is 13.2 Å². The Hall–Kier alpha value is -0.920. The summed E-state index contributed by atoms with van der Waals surface area (Å²) in [6, 6.07) is 1.85. The molecule has 120 valence electrons. The van der Waals surface area contributed by atoms with E-state index in [4.69, 9.17) is 4.74 Å². The zero-order valence-corrected chi connectivity index (χ0v) is 13.7. The van der Waals surface area contributed by atoms with Gasteiger partial charge in [0.05, 0.1) is 17.5 Å². The molecule has 7 heteroatoms. The van der Waals surface area contributed by atoms with E-state index in [1.807, 2.05) is 13.1 Å². The van der Waals surface area contributed by atoms with Gasteiger partial charge in [0.1, 0.15) is 0 Å². The Morgan fingerprint density at radius 2 is 2.19 bits per heavy atom.